The predicted molar refractivity (Wildman–Crippen MR) is 277 cm³/mol. The van der Waals surface area contributed by atoms with Crippen molar-refractivity contribution in [2.75, 3.05) is 9.80 Å². The molecular formula is C62H54N2. The van der Waals surface area contributed by atoms with Crippen LogP contribution in [0.5, 0.6) is 0 Å². The van der Waals surface area contributed by atoms with E-state index >= 15 is 0 Å². The zero-order valence-corrected chi connectivity index (χ0v) is 37.7. The van der Waals surface area contributed by atoms with Gasteiger partial charge in [0.2, 0.25) is 0 Å². The third-order valence-corrected chi connectivity index (χ3v) is 13.5. The lowest BCUT2D eigenvalue weighted by atomic mass is 9.74. The van der Waals surface area contributed by atoms with Crippen molar-refractivity contribution in [2.45, 2.75) is 64.8 Å². The van der Waals surface area contributed by atoms with Crippen LogP contribution in [0.2, 0.25) is 0 Å². The normalized spacial score (nSPS) is 14.1. The molecule has 1 unspecified atom stereocenters. The quantitative estimate of drug-likeness (QED) is 0.154. The molecule has 1 aliphatic carbocycles. The predicted octanol–water partition coefficient (Wildman–Crippen LogP) is 17.8. The number of rotatable bonds is 6. The van der Waals surface area contributed by atoms with Crippen LogP contribution in [0.25, 0.3) is 59.9 Å². The Hall–Kier alpha value is -7.16. The van der Waals surface area contributed by atoms with Crippen molar-refractivity contribution >= 4 is 88.4 Å². The van der Waals surface area contributed by atoms with Gasteiger partial charge in [0.1, 0.15) is 0 Å². The summed E-state index contributed by atoms with van der Waals surface area (Å²) in [5.41, 5.74) is 11.0. The van der Waals surface area contributed by atoms with E-state index in [1.807, 2.05) is 0 Å². The summed E-state index contributed by atoms with van der Waals surface area (Å²) in [7, 11) is 0. The van der Waals surface area contributed by atoms with E-state index in [4.69, 9.17) is 0 Å². The zero-order chi connectivity index (χ0) is 43.7. The summed E-state index contributed by atoms with van der Waals surface area (Å²) >= 11 is 0. The first-order valence-corrected chi connectivity index (χ1v) is 22.9. The second kappa shape index (κ2) is 15.3. The molecule has 0 radical (unpaired) electrons. The number of hydrogen-bond acceptors (Lipinski definition) is 2. The Morgan fingerprint density at radius 2 is 0.828 bits per heavy atom. The maximum absolute atomic E-state index is 2.64. The van der Waals surface area contributed by atoms with Gasteiger partial charge in [-0.1, -0.05) is 199 Å². The zero-order valence-electron chi connectivity index (χ0n) is 37.7. The summed E-state index contributed by atoms with van der Waals surface area (Å²) in [5, 5.41) is 12.6. The minimum Gasteiger partial charge on any atom is -0.333 e. The number of hydrogen-bond donors (Lipinski definition) is 0. The van der Waals surface area contributed by atoms with Gasteiger partial charge in [-0.3, -0.25) is 0 Å². The van der Waals surface area contributed by atoms with Gasteiger partial charge in [-0.05, 0) is 120 Å². The fourth-order valence-corrected chi connectivity index (χ4v) is 10.9. The van der Waals surface area contributed by atoms with Crippen molar-refractivity contribution in [3.8, 4) is 0 Å². The van der Waals surface area contributed by atoms with Crippen molar-refractivity contribution in [3.63, 3.8) is 0 Å². The number of fused-ring (bicyclic) bond motifs is 6. The smallest absolute Gasteiger partial charge is 0.0632 e. The molecule has 0 aromatic heterocycles. The lowest BCUT2D eigenvalue weighted by Gasteiger charge is -2.38. The Balaban J connectivity index is 1.22. The van der Waals surface area contributed by atoms with Gasteiger partial charge in [0, 0.05) is 33.2 Å². The van der Waals surface area contributed by atoms with E-state index < -0.39 is 0 Å². The van der Waals surface area contributed by atoms with Crippen LogP contribution in [-0.4, -0.2) is 0 Å². The molecule has 0 bridgehead atoms. The molecule has 10 aromatic carbocycles. The third-order valence-electron chi connectivity index (χ3n) is 13.5. The molecule has 0 aliphatic heterocycles. The minimum absolute atomic E-state index is 0.117. The Labute approximate surface area is 377 Å². The molecule has 2 nitrogen and oxygen atoms in total. The van der Waals surface area contributed by atoms with Crippen molar-refractivity contribution in [2.24, 2.45) is 0 Å². The first-order valence-electron chi connectivity index (χ1n) is 22.9. The van der Waals surface area contributed by atoms with Gasteiger partial charge in [0.05, 0.1) is 17.4 Å². The fourth-order valence-electron chi connectivity index (χ4n) is 10.9. The highest BCUT2D eigenvalue weighted by Gasteiger charge is 2.31. The molecule has 0 fully saturated rings. The molecule has 1 atom stereocenters. The molecule has 0 heterocycles. The maximum atomic E-state index is 2.64. The van der Waals surface area contributed by atoms with Crippen LogP contribution in [-0.2, 0) is 10.8 Å². The Morgan fingerprint density at radius 1 is 0.391 bits per heavy atom. The SMILES string of the molecule is CC(C)(C)c1c2ccc(N(c3cccc4ccccc34)c3cccc4ccccc34)cc2c(C(C)(C)C)c2cc(N(c3cccc4ccccc34)C3CC=Cc4ccccc43)ccc12. The molecule has 1 aliphatic rings. The summed E-state index contributed by atoms with van der Waals surface area (Å²) in [4.78, 5) is 5.14. The van der Waals surface area contributed by atoms with Crippen LogP contribution in [0.1, 0.15) is 76.3 Å². The third kappa shape index (κ3) is 6.63. The van der Waals surface area contributed by atoms with Crippen LogP contribution in [0.15, 0.2) is 194 Å². The summed E-state index contributed by atoms with van der Waals surface area (Å²) in [6, 6.07) is 70.3. The minimum atomic E-state index is -0.196. The molecule has 0 saturated heterocycles. The molecule has 0 amide bonds. The van der Waals surface area contributed by atoms with E-state index in [2.05, 4.69) is 252 Å². The molecule has 11 rings (SSSR count). The van der Waals surface area contributed by atoms with E-state index in [1.165, 1.54) is 87.5 Å². The fraction of sp³-hybridized carbons (Fsp3) is 0.161. The van der Waals surface area contributed by atoms with E-state index in [-0.39, 0.29) is 16.9 Å². The van der Waals surface area contributed by atoms with Crippen LogP contribution in [0, 0.1) is 0 Å². The summed E-state index contributed by atoms with van der Waals surface area (Å²) < 4.78 is 0. The van der Waals surface area contributed by atoms with Gasteiger partial charge in [-0.2, -0.15) is 0 Å². The van der Waals surface area contributed by atoms with E-state index in [9.17, 15) is 0 Å². The molecule has 2 heteroatoms. The molecule has 10 aromatic rings. The first-order chi connectivity index (χ1) is 31.0. The molecule has 312 valence electrons. The van der Waals surface area contributed by atoms with Gasteiger partial charge in [0.25, 0.3) is 0 Å². The van der Waals surface area contributed by atoms with Crippen LogP contribution in [0.4, 0.5) is 28.4 Å². The van der Waals surface area contributed by atoms with Gasteiger partial charge in [-0.15, -0.1) is 0 Å². The Bertz CT molecular complexity index is 3370. The van der Waals surface area contributed by atoms with Crippen LogP contribution in [0.3, 0.4) is 0 Å². The van der Waals surface area contributed by atoms with Gasteiger partial charge in [-0.25, -0.2) is 0 Å². The van der Waals surface area contributed by atoms with Crippen molar-refractivity contribution in [1.29, 1.82) is 0 Å². The van der Waals surface area contributed by atoms with Gasteiger partial charge >= 0.3 is 0 Å². The average molecular weight is 827 g/mol. The Morgan fingerprint density at radius 3 is 1.39 bits per heavy atom. The van der Waals surface area contributed by atoms with Crippen molar-refractivity contribution in [3.05, 3.63) is 216 Å². The second-order valence-corrected chi connectivity index (χ2v) is 19.7. The highest BCUT2D eigenvalue weighted by molar-refractivity contribution is 6.11. The van der Waals surface area contributed by atoms with E-state index in [1.54, 1.807) is 0 Å². The lowest BCUT2D eigenvalue weighted by Crippen LogP contribution is -2.26. The topological polar surface area (TPSA) is 6.48 Å². The molecule has 0 saturated carbocycles. The molecular weight excluding hydrogens is 773 g/mol. The van der Waals surface area contributed by atoms with Gasteiger partial charge < -0.3 is 9.80 Å². The molecule has 64 heavy (non-hydrogen) atoms. The van der Waals surface area contributed by atoms with Crippen LogP contribution >= 0.6 is 0 Å². The summed E-state index contributed by atoms with van der Waals surface area (Å²) in [6.45, 7) is 14.3. The van der Waals surface area contributed by atoms with Gasteiger partial charge in [0.15, 0.2) is 0 Å². The van der Waals surface area contributed by atoms with Crippen molar-refractivity contribution < 1.29 is 0 Å². The average Bonchev–Trinajstić information content (AvgIpc) is 3.30. The standard InChI is InChI=1S/C62H54N2/c1-61(2,3)59-51-37-35-45(63(55-31-15-23-41-19-7-11-27-47(41)55)56-32-16-24-42-20-8-12-28-48(42)56)39-53(51)60(62(4,5)6)54-40-46(36-38-52(54)59)64(57-33-17-25-43-21-9-13-29-49(43)57)58-34-18-26-44-22-10-14-30-50(44)58/h7-33,35-40,58H,34H2,1-6H3. The van der Waals surface area contributed by atoms with Crippen LogP contribution < -0.4 is 9.80 Å². The van der Waals surface area contributed by atoms with E-state index in [0.717, 1.165) is 23.5 Å². The molecule has 0 spiro atoms. The largest absolute Gasteiger partial charge is 0.333 e. The highest BCUT2D eigenvalue weighted by Crippen LogP contribution is 2.50. The lowest BCUT2D eigenvalue weighted by molar-refractivity contribution is 0.593. The number of nitrogens with zero attached hydrogens (tertiary/aromatic N) is 2. The second-order valence-electron chi connectivity index (χ2n) is 19.7. The number of benzene rings is 10. The van der Waals surface area contributed by atoms with E-state index in [0.29, 0.717) is 0 Å². The highest BCUT2D eigenvalue weighted by atomic mass is 15.2. The summed E-state index contributed by atoms with van der Waals surface area (Å²) in [6.07, 6.45) is 5.57. The van der Waals surface area contributed by atoms with Crippen molar-refractivity contribution in [1.82, 2.24) is 0 Å². The monoisotopic (exact) mass is 826 g/mol. The summed E-state index contributed by atoms with van der Waals surface area (Å²) in [5.74, 6) is 0. The number of anilines is 5. The molecule has 0 N–H and O–H groups in total. The first kappa shape index (κ1) is 39.7. The maximum Gasteiger partial charge on any atom is 0.0632 e. The Kier molecular flexibility index (Phi) is 9.47.